The van der Waals surface area contributed by atoms with Gasteiger partial charge < -0.3 is 10.2 Å². The van der Waals surface area contributed by atoms with Crippen molar-refractivity contribution in [1.82, 2.24) is 9.97 Å². The normalized spacial score (nSPS) is 19.2. The standard InChI is InChI=1S/C15H26N4/c1-5-13-14(16-6-2)17-10-18-15(13)19-8-7-12(9-19)11(3)4/h10-12H,5-9H2,1-4H3,(H,16,17,18). The highest BCUT2D eigenvalue weighted by Gasteiger charge is 2.27. The molecule has 0 saturated carbocycles. The van der Waals surface area contributed by atoms with Gasteiger partial charge in [-0.15, -0.1) is 0 Å². The first-order valence-corrected chi connectivity index (χ1v) is 7.50. The fourth-order valence-electron chi connectivity index (χ4n) is 2.84. The third-order valence-corrected chi connectivity index (χ3v) is 4.09. The predicted octanol–water partition coefficient (Wildman–Crippen LogP) is 2.95. The summed E-state index contributed by atoms with van der Waals surface area (Å²) in [5.74, 6) is 3.69. The molecule has 0 radical (unpaired) electrons. The summed E-state index contributed by atoms with van der Waals surface area (Å²) in [5.41, 5.74) is 1.26. The average Bonchev–Trinajstić information content (AvgIpc) is 2.88. The van der Waals surface area contributed by atoms with Gasteiger partial charge in [0.2, 0.25) is 0 Å². The van der Waals surface area contributed by atoms with E-state index in [9.17, 15) is 0 Å². The highest BCUT2D eigenvalue weighted by atomic mass is 15.2. The van der Waals surface area contributed by atoms with Gasteiger partial charge in [-0.2, -0.15) is 0 Å². The molecule has 1 unspecified atom stereocenters. The number of nitrogens with one attached hydrogen (secondary N) is 1. The van der Waals surface area contributed by atoms with Gasteiger partial charge >= 0.3 is 0 Å². The van der Waals surface area contributed by atoms with Crippen LogP contribution in [0.4, 0.5) is 11.6 Å². The maximum atomic E-state index is 4.54. The van der Waals surface area contributed by atoms with E-state index in [-0.39, 0.29) is 0 Å². The van der Waals surface area contributed by atoms with Gasteiger partial charge in [0.05, 0.1) is 0 Å². The molecule has 0 spiro atoms. The molecule has 0 bridgehead atoms. The molecule has 1 fully saturated rings. The van der Waals surface area contributed by atoms with Crippen molar-refractivity contribution < 1.29 is 0 Å². The van der Waals surface area contributed by atoms with E-state index in [2.05, 4.69) is 47.9 Å². The number of nitrogens with zero attached hydrogens (tertiary/aromatic N) is 3. The third-order valence-electron chi connectivity index (χ3n) is 4.09. The number of aromatic nitrogens is 2. The largest absolute Gasteiger partial charge is 0.370 e. The van der Waals surface area contributed by atoms with Gasteiger partial charge in [0.15, 0.2) is 0 Å². The fraction of sp³-hybridized carbons (Fsp3) is 0.733. The van der Waals surface area contributed by atoms with E-state index in [0.717, 1.165) is 49.5 Å². The summed E-state index contributed by atoms with van der Waals surface area (Å²) in [7, 11) is 0. The second-order valence-electron chi connectivity index (χ2n) is 5.65. The van der Waals surface area contributed by atoms with Gasteiger partial charge in [0.25, 0.3) is 0 Å². The number of hydrogen-bond acceptors (Lipinski definition) is 4. The number of rotatable bonds is 5. The van der Waals surface area contributed by atoms with Crippen LogP contribution in [0.3, 0.4) is 0 Å². The third kappa shape index (κ3) is 2.99. The van der Waals surface area contributed by atoms with E-state index in [1.807, 2.05) is 0 Å². The second-order valence-corrected chi connectivity index (χ2v) is 5.65. The summed E-state index contributed by atoms with van der Waals surface area (Å²) in [6.07, 6.45) is 3.94. The molecule has 106 valence electrons. The minimum absolute atomic E-state index is 0.755. The van der Waals surface area contributed by atoms with Crippen LogP contribution in [-0.2, 0) is 6.42 Å². The fourth-order valence-corrected chi connectivity index (χ4v) is 2.84. The topological polar surface area (TPSA) is 41.1 Å². The first kappa shape index (κ1) is 14.1. The molecule has 1 aliphatic rings. The first-order valence-electron chi connectivity index (χ1n) is 7.50. The molecule has 0 aliphatic carbocycles. The summed E-state index contributed by atoms with van der Waals surface area (Å²) in [5, 5.41) is 3.35. The lowest BCUT2D eigenvalue weighted by molar-refractivity contribution is 0.422. The Bertz CT molecular complexity index is 417. The van der Waals surface area contributed by atoms with Crippen LogP contribution >= 0.6 is 0 Å². The Hall–Kier alpha value is -1.32. The minimum Gasteiger partial charge on any atom is -0.370 e. The minimum atomic E-state index is 0.755. The average molecular weight is 262 g/mol. The van der Waals surface area contributed by atoms with Crippen LogP contribution in [0.1, 0.15) is 39.7 Å². The molecule has 4 heteroatoms. The van der Waals surface area contributed by atoms with Crippen LogP contribution in [0, 0.1) is 11.8 Å². The molecule has 1 aromatic heterocycles. The lowest BCUT2D eigenvalue weighted by Gasteiger charge is -2.22. The molecule has 19 heavy (non-hydrogen) atoms. The molecule has 0 amide bonds. The van der Waals surface area contributed by atoms with E-state index >= 15 is 0 Å². The van der Waals surface area contributed by atoms with Crippen molar-refractivity contribution in [2.45, 2.75) is 40.5 Å². The lowest BCUT2D eigenvalue weighted by atomic mass is 9.95. The summed E-state index contributed by atoms with van der Waals surface area (Å²) in [6.45, 7) is 12.1. The molecule has 2 heterocycles. The van der Waals surface area contributed by atoms with Gasteiger partial charge in [-0.05, 0) is 31.6 Å². The van der Waals surface area contributed by atoms with Gasteiger partial charge in [-0.1, -0.05) is 20.8 Å². The van der Waals surface area contributed by atoms with Crippen molar-refractivity contribution in [1.29, 1.82) is 0 Å². The van der Waals surface area contributed by atoms with Crippen LogP contribution in [0.25, 0.3) is 0 Å². The molecule has 1 N–H and O–H groups in total. The molecule has 2 rings (SSSR count). The number of anilines is 2. The van der Waals surface area contributed by atoms with Crippen molar-refractivity contribution in [3.63, 3.8) is 0 Å². The van der Waals surface area contributed by atoms with Gasteiger partial charge in [0, 0.05) is 25.2 Å². The van der Waals surface area contributed by atoms with E-state index < -0.39 is 0 Å². The van der Waals surface area contributed by atoms with Crippen LogP contribution in [0.2, 0.25) is 0 Å². The molecule has 1 atom stereocenters. The van der Waals surface area contributed by atoms with Crippen molar-refractivity contribution in [2.75, 3.05) is 29.9 Å². The van der Waals surface area contributed by atoms with Crippen molar-refractivity contribution in [2.24, 2.45) is 11.8 Å². The summed E-state index contributed by atoms with van der Waals surface area (Å²) in [4.78, 5) is 11.4. The second kappa shape index (κ2) is 6.22. The predicted molar refractivity (Wildman–Crippen MR) is 80.7 cm³/mol. The Labute approximate surface area is 116 Å². The van der Waals surface area contributed by atoms with E-state index in [1.54, 1.807) is 6.33 Å². The molecule has 4 nitrogen and oxygen atoms in total. The molecule has 1 saturated heterocycles. The Morgan fingerprint density at radius 2 is 2.16 bits per heavy atom. The zero-order valence-electron chi connectivity index (χ0n) is 12.6. The Morgan fingerprint density at radius 3 is 2.74 bits per heavy atom. The first-order chi connectivity index (χ1) is 9.17. The van der Waals surface area contributed by atoms with Gasteiger partial charge in [-0.3, -0.25) is 0 Å². The zero-order chi connectivity index (χ0) is 13.8. The molecule has 1 aromatic rings. The van der Waals surface area contributed by atoms with Crippen LogP contribution < -0.4 is 10.2 Å². The molecule has 0 aromatic carbocycles. The van der Waals surface area contributed by atoms with E-state index in [4.69, 9.17) is 0 Å². The molecular weight excluding hydrogens is 236 g/mol. The maximum absolute atomic E-state index is 4.54. The van der Waals surface area contributed by atoms with Crippen molar-refractivity contribution in [3.05, 3.63) is 11.9 Å². The highest BCUT2D eigenvalue weighted by Crippen LogP contribution is 2.31. The monoisotopic (exact) mass is 262 g/mol. The van der Waals surface area contributed by atoms with Crippen LogP contribution in [-0.4, -0.2) is 29.6 Å². The summed E-state index contributed by atoms with van der Waals surface area (Å²) in [6, 6.07) is 0. The van der Waals surface area contributed by atoms with E-state index in [0.29, 0.717) is 0 Å². The van der Waals surface area contributed by atoms with Crippen molar-refractivity contribution >= 4 is 11.6 Å². The Morgan fingerprint density at radius 1 is 1.37 bits per heavy atom. The Balaban J connectivity index is 2.23. The molecular formula is C15H26N4. The van der Waals surface area contributed by atoms with E-state index in [1.165, 1.54) is 12.0 Å². The highest BCUT2D eigenvalue weighted by molar-refractivity contribution is 5.59. The van der Waals surface area contributed by atoms with Crippen LogP contribution in [0.15, 0.2) is 6.33 Å². The SMILES string of the molecule is CCNc1ncnc(N2CCC(C(C)C)C2)c1CC. The Kier molecular flexibility index (Phi) is 4.61. The van der Waals surface area contributed by atoms with Gasteiger partial charge in [0.1, 0.15) is 18.0 Å². The van der Waals surface area contributed by atoms with Gasteiger partial charge in [-0.25, -0.2) is 9.97 Å². The smallest absolute Gasteiger partial charge is 0.137 e. The summed E-state index contributed by atoms with van der Waals surface area (Å²) >= 11 is 0. The number of hydrogen-bond donors (Lipinski definition) is 1. The molecule has 1 aliphatic heterocycles. The van der Waals surface area contributed by atoms with Crippen molar-refractivity contribution in [3.8, 4) is 0 Å². The lowest BCUT2D eigenvalue weighted by Crippen LogP contribution is -2.24. The maximum Gasteiger partial charge on any atom is 0.137 e. The quantitative estimate of drug-likeness (QED) is 0.886. The summed E-state index contributed by atoms with van der Waals surface area (Å²) < 4.78 is 0. The zero-order valence-corrected chi connectivity index (χ0v) is 12.6. The van der Waals surface area contributed by atoms with Crippen LogP contribution in [0.5, 0.6) is 0 Å².